The van der Waals surface area contributed by atoms with Crippen LogP contribution in [0.2, 0.25) is 0 Å². The molecule has 0 amide bonds. The van der Waals surface area contributed by atoms with E-state index in [-0.39, 0.29) is 4.90 Å². The molecule has 6 heteroatoms. The molecule has 3 nitrogen and oxygen atoms in total. The maximum atomic E-state index is 12.8. The molecule has 0 saturated heterocycles. The van der Waals surface area contributed by atoms with E-state index in [4.69, 9.17) is 0 Å². The van der Waals surface area contributed by atoms with Crippen molar-refractivity contribution >= 4 is 27.5 Å². The molecule has 0 fully saturated rings. The van der Waals surface area contributed by atoms with Crippen LogP contribution in [0.4, 0.5) is 10.1 Å². The summed E-state index contributed by atoms with van der Waals surface area (Å²) in [7, 11) is -3.70. The Hall–Kier alpha value is -1.53. The van der Waals surface area contributed by atoms with Gasteiger partial charge >= 0.3 is 0 Å². The molecule has 0 unspecified atom stereocenters. The second kappa shape index (κ2) is 6.28. The van der Waals surface area contributed by atoms with E-state index in [1.807, 2.05) is 19.1 Å². The smallest absolute Gasteiger partial charge is 0.261 e. The molecule has 2 aromatic rings. The first-order valence-electron chi connectivity index (χ1n) is 6.03. The number of para-hydroxylation sites is 1. The predicted molar refractivity (Wildman–Crippen MR) is 80.0 cm³/mol. The average Bonchev–Trinajstić information content (AvgIpc) is 2.41. The summed E-state index contributed by atoms with van der Waals surface area (Å²) < 4.78 is 39.8. The van der Waals surface area contributed by atoms with Crippen LogP contribution in [0.3, 0.4) is 0 Å². The fraction of sp³-hybridized carbons (Fsp3) is 0.143. The third kappa shape index (κ3) is 3.52. The average molecular weight is 311 g/mol. The first-order valence-corrected chi connectivity index (χ1v) is 8.50. The molecule has 0 bridgehead atoms. The van der Waals surface area contributed by atoms with Crippen molar-refractivity contribution in [3.63, 3.8) is 0 Å². The second-order valence-electron chi connectivity index (χ2n) is 3.99. The molecule has 0 radical (unpaired) electrons. The molecule has 0 heterocycles. The number of hydrogen-bond donors (Lipinski definition) is 1. The predicted octanol–water partition coefficient (Wildman–Crippen LogP) is 3.74. The van der Waals surface area contributed by atoms with Crippen molar-refractivity contribution in [1.82, 2.24) is 0 Å². The van der Waals surface area contributed by atoms with Crippen LogP contribution in [0.15, 0.2) is 58.3 Å². The molecule has 1 N–H and O–H groups in total. The van der Waals surface area contributed by atoms with E-state index >= 15 is 0 Å². The van der Waals surface area contributed by atoms with Crippen molar-refractivity contribution in [3.8, 4) is 0 Å². The highest BCUT2D eigenvalue weighted by atomic mass is 32.2. The first kappa shape index (κ1) is 14.9. The summed E-state index contributed by atoms with van der Waals surface area (Å²) in [5, 5.41) is 0. The topological polar surface area (TPSA) is 46.2 Å². The fourth-order valence-electron chi connectivity index (χ4n) is 1.65. The summed E-state index contributed by atoms with van der Waals surface area (Å²) in [6.07, 6.45) is 0. The summed E-state index contributed by atoms with van der Waals surface area (Å²) in [4.78, 5) is 0.899. The lowest BCUT2D eigenvalue weighted by molar-refractivity contribution is 0.599. The lowest BCUT2D eigenvalue weighted by Gasteiger charge is -2.11. The minimum Gasteiger partial charge on any atom is -0.278 e. The Bertz CT molecular complexity index is 685. The van der Waals surface area contributed by atoms with E-state index in [1.54, 1.807) is 23.9 Å². The van der Waals surface area contributed by atoms with Gasteiger partial charge < -0.3 is 0 Å². The molecule has 0 saturated carbocycles. The number of hydrogen-bond acceptors (Lipinski definition) is 3. The molecule has 0 spiro atoms. The van der Waals surface area contributed by atoms with Gasteiger partial charge in [0.05, 0.1) is 10.6 Å². The monoisotopic (exact) mass is 311 g/mol. The van der Waals surface area contributed by atoms with Crippen molar-refractivity contribution < 1.29 is 12.8 Å². The zero-order chi connectivity index (χ0) is 14.6. The molecular weight excluding hydrogens is 297 g/mol. The third-order valence-corrected chi connectivity index (χ3v) is 4.89. The lowest BCUT2D eigenvalue weighted by Crippen LogP contribution is -2.13. The molecule has 0 aromatic heterocycles. The normalized spacial score (nSPS) is 11.3. The van der Waals surface area contributed by atoms with Crippen molar-refractivity contribution in [2.24, 2.45) is 0 Å². The molecule has 0 aliphatic carbocycles. The Morgan fingerprint density at radius 3 is 2.40 bits per heavy atom. The van der Waals surface area contributed by atoms with Crippen LogP contribution in [0.25, 0.3) is 0 Å². The van der Waals surface area contributed by atoms with Crippen LogP contribution in [-0.4, -0.2) is 14.2 Å². The maximum Gasteiger partial charge on any atom is 0.261 e. The van der Waals surface area contributed by atoms with Crippen molar-refractivity contribution in [3.05, 3.63) is 54.3 Å². The van der Waals surface area contributed by atoms with Crippen LogP contribution in [0, 0.1) is 5.82 Å². The zero-order valence-electron chi connectivity index (χ0n) is 10.8. The molecule has 2 aromatic carbocycles. The summed E-state index contributed by atoms with van der Waals surface area (Å²) in [6, 6.07) is 11.9. The van der Waals surface area contributed by atoms with Crippen LogP contribution in [-0.2, 0) is 10.0 Å². The first-order chi connectivity index (χ1) is 9.53. The number of rotatable bonds is 5. The molecular formula is C14H14FNO2S2. The zero-order valence-corrected chi connectivity index (χ0v) is 12.5. The fourth-order valence-corrected chi connectivity index (χ4v) is 3.55. The van der Waals surface area contributed by atoms with Crippen LogP contribution in [0.1, 0.15) is 6.92 Å². The molecule has 20 heavy (non-hydrogen) atoms. The van der Waals surface area contributed by atoms with Gasteiger partial charge in [0.15, 0.2) is 0 Å². The quantitative estimate of drug-likeness (QED) is 0.856. The third-order valence-electron chi connectivity index (χ3n) is 2.56. The summed E-state index contributed by atoms with van der Waals surface area (Å²) in [6.45, 7) is 2.00. The Labute approximate surface area is 122 Å². The number of thioether (sulfide) groups is 1. The van der Waals surface area contributed by atoms with Crippen LogP contribution in [0.5, 0.6) is 0 Å². The van der Waals surface area contributed by atoms with E-state index < -0.39 is 15.8 Å². The Morgan fingerprint density at radius 1 is 1.10 bits per heavy atom. The lowest BCUT2D eigenvalue weighted by atomic mass is 10.3. The second-order valence-corrected chi connectivity index (χ2v) is 6.98. The number of halogens is 1. The van der Waals surface area contributed by atoms with Gasteiger partial charge in [-0.05, 0) is 42.2 Å². The van der Waals surface area contributed by atoms with E-state index in [0.717, 1.165) is 22.8 Å². The van der Waals surface area contributed by atoms with E-state index in [1.165, 1.54) is 12.1 Å². The standard InChI is InChI=1S/C14H14FNO2S2/c1-2-19-14-6-4-3-5-13(14)16-20(17,18)12-9-7-11(15)8-10-12/h3-10,16H,2H2,1H3. The number of sulfonamides is 1. The molecule has 0 aliphatic rings. The highest BCUT2D eigenvalue weighted by molar-refractivity contribution is 7.99. The van der Waals surface area contributed by atoms with Crippen molar-refractivity contribution in [1.29, 1.82) is 0 Å². The molecule has 106 valence electrons. The molecule has 2 rings (SSSR count). The SMILES string of the molecule is CCSc1ccccc1NS(=O)(=O)c1ccc(F)cc1. The minimum atomic E-state index is -3.70. The molecule has 0 aliphatic heterocycles. The van der Waals surface area contributed by atoms with E-state index in [0.29, 0.717) is 5.69 Å². The van der Waals surface area contributed by atoms with Gasteiger partial charge in [-0.2, -0.15) is 0 Å². The molecule has 0 atom stereocenters. The highest BCUT2D eigenvalue weighted by Gasteiger charge is 2.15. The summed E-state index contributed by atoms with van der Waals surface area (Å²) >= 11 is 1.55. The van der Waals surface area contributed by atoms with Crippen molar-refractivity contribution in [2.45, 2.75) is 16.7 Å². The van der Waals surface area contributed by atoms with Gasteiger partial charge in [-0.15, -0.1) is 11.8 Å². The van der Waals surface area contributed by atoms with Crippen LogP contribution >= 0.6 is 11.8 Å². The maximum absolute atomic E-state index is 12.8. The Balaban J connectivity index is 2.31. The van der Waals surface area contributed by atoms with E-state index in [2.05, 4.69) is 4.72 Å². The minimum absolute atomic E-state index is 0.0372. The highest BCUT2D eigenvalue weighted by Crippen LogP contribution is 2.28. The number of nitrogens with one attached hydrogen (secondary N) is 1. The van der Waals surface area contributed by atoms with Gasteiger partial charge in [-0.1, -0.05) is 19.1 Å². The number of anilines is 1. The van der Waals surface area contributed by atoms with Gasteiger partial charge in [0.25, 0.3) is 10.0 Å². The van der Waals surface area contributed by atoms with Gasteiger partial charge in [0, 0.05) is 4.90 Å². The van der Waals surface area contributed by atoms with Gasteiger partial charge in [0.1, 0.15) is 5.82 Å². The van der Waals surface area contributed by atoms with E-state index in [9.17, 15) is 12.8 Å². The largest absolute Gasteiger partial charge is 0.278 e. The Kier molecular flexibility index (Phi) is 4.67. The van der Waals surface area contributed by atoms with Gasteiger partial charge in [-0.25, -0.2) is 12.8 Å². The Morgan fingerprint density at radius 2 is 1.75 bits per heavy atom. The van der Waals surface area contributed by atoms with Gasteiger partial charge in [0.2, 0.25) is 0 Å². The summed E-state index contributed by atoms with van der Waals surface area (Å²) in [5.41, 5.74) is 0.531. The van der Waals surface area contributed by atoms with Crippen LogP contribution < -0.4 is 4.72 Å². The van der Waals surface area contributed by atoms with Gasteiger partial charge in [-0.3, -0.25) is 4.72 Å². The number of benzene rings is 2. The summed E-state index contributed by atoms with van der Waals surface area (Å²) in [5.74, 6) is 0.376. The van der Waals surface area contributed by atoms with Crippen molar-refractivity contribution in [2.75, 3.05) is 10.5 Å².